The van der Waals surface area contributed by atoms with E-state index in [0.29, 0.717) is 11.3 Å². The molecule has 1 unspecified atom stereocenters. The van der Waals surface area contributed by atoms with E-state index in [-0.39, 0.29) is 18.5 Å². The van der Waals surface area contributed by atoms with Crippen molar-refractivity contribution in [1.29, 1.82) is 0 Å². The lowest BCUT2D eigenvalue weighted by Crippen LogP contribution is -2.18. The second kappa shape index (κ2) is 6.93. The molecule has 0 saturated heterocycles. The Kier molecular flexibility index (Phi) is 5.51. The Morgan fingerprint density at radius 1 is 1.47 bits per heavy atom. The molecule has 92 valence electrons. The highest BCUT2D eigenvalue weighted by Crippen LogP contribution is 2.21. The predicted octanol–water partition coefficient (Wildman–Crippen LogP) is 2.90. The van der Waals surface area contributed by atoms with Gasteiger partial charge in [0.2, 0.25) is 0 Å². The quantitative estimate of drug-likeness (QED) is 0.792. The molecule has 1 rings (SSSR count). The van der Waals surface area contributed by atoms with E-state index in [2.05, 4.69) is 17.2 Å². The summed E-state index contributed by atoms with van der Waals surface area (Å²) in [6.45, 7) is 6.77. The van der Waals surface area contributed by atoms with Gasteiger partial charge in [-0.1, -0.05) is 18.9 Å². The molecule has 1 N–H and O–H groups in total. The Hall–Kier alpha value is -1.53. The van der Waals surface area contributed by atoms with E-state index in [1.807, 2.05) is 13.8 Å². The van der Waals surface area contributed by atoms with Gasteiger partial charge in [0.25, 0.3) is 0 Å². The van der Waals surface area contributed by atoms with E-state index in [9.17, 15) is 4.39 Å². The summed E-state index contributed by atoms with van der Waals surface area (Å²) in [5.74, 6) is 5.75. The Morgan fingerprint density at radius 3 is 2.82 bits per heavy atom. The van der Waals surface area contributed by atoms with Crippen molar-refractivity contribution in [3.05, 3.63) is 29.6 Å². The summed E-state index contributed by atoms with van der Waals surface area (Å²) in [7, 11) is 0. The first-order valence-corrected chi connectivity index (χ1v) is 5.74. The Bertz CT molecular complexity index is 420. The molecule has 0 spiro atoms. The van der Waals surface area contributed by atoms with Gasteiger partial charge in [0.05, 0.1) is 0 Å². The molecule has 0 bridgehead atoms. The van der Waals surface area contributed by atoms with Gasteiger partial charge in [0.1, 0.15) is 18.2 Å². The zero-order chi connectivity index (χ0) is 12.7. The number of nitrogens with one attached hydrogen (secondary N) is 1. The van der Waals surface area contributed by atoms with Crippen LogP contribution in [0, 0.1) is 17.7 Å². The fourth-order valence-electron chi connectivity index (χ4n) is 1.56. The van der Waals surface area contributed by atoms with Crippen molar-refractivity contribution >= 4 is 0 Å². The van der Waals surface area contributed by atoms with Gasteiger partial charge in [-0.25, -0.2) is 4.39 Å². The van der Waals surface area contributed by atoms with E-state index >= 15 is 0 Å². The molecule has 0 aliphatic carbocycles. The average molecular weight is 235 g/mol. The molecule has 1 atom stereocenters. The number of benzene rings is 1. The third-order valence-electron chi connectivity index (χ3n) is 2.44. The number of hydrogen-bond donors (Lipinski definition) is 1. The number of rotatable bonds is 5. The minimum absolute atomic E-state index is 0.00415. The van der Waals surface area contributed by atoms with Gasteiger partial charge in [-0.3, -0.25) is 0 Å². The summed E-state index contributed by atoms with van der Waals surface area (Å²) < 4.78 is 19.1. The van der Waals surface area contributed by atoms with Gasteiger partial charge in [0, 0.05) is 17.7 Å². The molecule has 1 aromatic rings. The summed E-state index contributed by atoms with van der Waals surface area (Å²) in [6.07, 6.45) is 0. The minimum Gasteiger partial charge on any atom is -0.481 e. The highest BCUT2D eigenvalue weighted by molar-refractivity contribution is 5.31. The zero-order valence-electron chi connectivity index (χ0n) is 10.5. The lowest BCUT2D eigenvalue weighted by molar-refractivity contribution is 0.367. The van der Waals surface area contributed by atoms with Crippen LogP contribution in [0.2, 0.25) is 0 Å². The molecule has 1 aromatic carbocycles. The topological polar surface area (TPSA) is 21.3 Å². The highest BCUT2D eigenvalue weighted by Gasteiger charge is 2.10. The van der Waals surface area contributed by atoms with Crippen molar-refractivity contribution in [2.24, 2.45) is 0 Å². The van der Waals surface area contributed by atoms with Gasteiger partial charge in [-0.15, -0.1) is 5.92 Å². The van der Waals surface area contributed by atoms with Gasteiger partial charge >= 0.3 is 0 Å². The zero-order valence-corrected chi connectivity index (χ0v) is 10.5. The maximum atomic E-state index is 13.8. The van der Waals surface area contributed by atoms with Crippen molar-refractivity contribution in [3.8, 4) is 17.6 Å². The first-order valence-electron chi connectivity index (χ1n) is 5.74. The second-order valence-electron chi connectivity index (χ2n) is 3.68. The van der Waals surface area contributed by atoms with Gasteiger partial charge in [-0.2, -0.15) is 0 Å². The van der Waals surface area contributed by atoms with Crippen molar-refractivity contribution in [2.45, 2.75) is 26.8 Å². The SMILES string of the molecule is CC#CCOc1ccc(C(C)NCC)c(F)c1. The van der Waals surface area contributed by atoms with Gasteiger partial charge < -0.3 is 10.1 Å². The fourth-order valence-corrected chi connectivity index (χ4v) is 1.56. The molecule has 0 aliphatic rings. The Balaban J connectivity index is 2.74. The van der Waals surface area contributed by atoms with E-state index in [1.54, 1.807) is 19.1 Å². The molecule has 0 fully saturated rings. The lowest BCUT2D eigenvalue weighted by atomic mass is 10.1. The highest BCUT2D eigenvalue weighted by atomic mass is 19.1. The summed E-state index contributed by atoms with van der Waals surface area (Å²) in [4.78, 5) is 0. The molecule has 0 aliphatic heterocycles. The minimum atomic E-state index is -0.250. The van der Waals surface area contributed by atoms with E-state index in [4.69, 9.17) is 4.74 Å². The van der Waals surface area contributed by atoms with Crippen LogP contribution in [0.1, 0.15) is 32.4 Å². The van der Waals surface area contributed by atoms with Crippen LogP contribution in [0.4, 0.5) is 4.39 Å². The van der Waals surface area contributed by atoms with Gasteiger partial charge in [-0.05, 0) is 26.5 Å². The molecule has 2 nitrogen and oxygen atoms in total. The van der Waals surface area contributed by atoms with Crippen LogP contribution in [0.5, 0.6) is 5.75 Å². The van der Waals surface area contributed by atoms with Crippen LogP contribution in [0.3, 0.4) is 0 Å². The largest absolute Gasteiger partial charge is 0.481 e. The maximum Gasteiger partial charge on any atom is 0.149 e. The van der Waals surface area contributed by atoms with Crippen molar-refractivity contribution < 1.29 is 9.13 Å². The van der Waals surface area contributed by atoms with Crippen LogP contribution in [0.15, 0.2) is 18.2 Å². The average Bonchev–Trinajstić information content (AvgIpc) is 2.29. The van der Waals surface area contributed by atoms with Crippen LogP contribution in [-0.4, -0.2) is 13.2 Å². The third kappa shape index (κ3) is 4.08. The lowest BCUT2D eigenvalue weighted by Gasteiger charge is -2.14. The molecule has 0 aromatic heterocycles. The summed E-state index contributed by atoms with van der Waals surface area (Å²) in [5.41, 5.74) is 0.653. The normalized spacial score (nSPS) is 11.5. The monoisotopic (exact) mass is 235 g/mol. The van der Waals surface area contributed by atoms with Crippen LogP contribution < -0.4 is 10.1 Å². The predicted molar refractivity (Wildman–Crippen MR) is 67.4 cm³/mol. The number of ether oxygens (including phenoxy) is 1. The number of halogens is 1. The van der Waals surface area contributed by atoms with Gasteiger partial charge in [0.15, 0.2) is 0 Å². The fraction of sp³-hybridized carbons (Fsp3) is 0.429. The van der Waals surface area contributed by atoms with Crippen molar-refractivity contribution in [2.75, 3.05) is 13.2 Å². The first-order chi connectivity index (χ1) is 8.19. The van der Waals surface area contributed by atoms with Crippen molar-refractivity contribution in [1.82, 2.24) is 5.32 Å². The van der Waals surface area contributed by atoms with Crippen LogP contribution in [0.25, 0.3) is 0 Å². The molecule has 3 heteroatoms. The number of hydrogen-bond acceptors (Lipinski definition) is 2. The first kappa shape index (κ1) is 13.5. The molecule has 17 heavy (non-hydrogen) atoms. The maximum absolute atomic E-state index is 13.8. The smallest absolute Gasteiger partial charge is 0.149 e. The molecular formula is C14H18FNO. The van der Waals surface area contributed by atoms with E-state index < -0.39 is 0 Å². The molecule has 0 radical (unpaired) electrons. The van der Waals surface area contributed by atoms with Crippen LogP contribution >= 0.6 is 0 Å². The molecule has 0 amide bonds. The summed E-state index contributed by atoms with van der Waals surface area (Å²) >= 11 is 0. The summed E-state index contributed by atoms with van der Waals surface area (Å²) in [6, 6.07) is 4.92. The van der Waals surface area contributed by atoms with E-state index in [0.717, 1.165) is 6.54 Å². The molecule has 0 saturated carbocycles. The van der Waals surface area contributed by atoms with Crippen molar-refractivity contribution in [3.63, 3.8) is 0 Å². The Labute approximate surface area is 102 Å². The standard InChI is InChI=1S/C14H18FNO/c1-4-6-9-17-12-7-8-13(14(15)10-12)11(3)16-5-2/h7-8,10-11,16H,5,9H2,1-3H3. The third-order valence-corrected chi connectivity index (χ3v) is 2.44. The van der Waals surface area contributed by atoms with Crippen LogP contribution in [-0.2, 0) is 0 Å². The molecule has 0 heterocycles. The Morgan fingerprint density at radius 2 is 2.24 bits per heavy atom. The molecular weight excluding hydrogens is 217 g/mol. The summed E-state index contributed by atoms with van der Waals surface area (Å²) in [5, 5.41) is 3.17. The van der Waals surface area contributed by atoms with E-state index in [1.165, 1.54) is 6.07 Å². The second-order valence-corrected chi connectivity index (χ2v) is 3.68.